The number of thiazole rings is 1. The van der Waals surface area contributed by atoms with Crippen LogP contribution >= 0.6 is 11.3 Å². The van der Waals surface area contributed by atoms with Crippen molar-refractivity contribution in [1.29, 1.82) is 0 Å². The summed E-state index contributed by atoms with van der Waals surface area (Å²) in [4.78, 5) is 17.4. The van der Waals surface area contributed by atoms with Crippen molar-refractivity contribution in [2.45, 2.75) is 39.7 Å². The zero-order valence-electron chi connectivity index (χ0n) is 14.2. The van der Waals surface area contributed by atoms with Gasteiger partial charge in [-0.3, -0.25) is 4.79 Å². The molecule has 0 fully saturated rings. The van der Waals surface area contributed by atoms with Crippen LogP contribution in [0.5, 0.6) is 0 Å². The molecule has 0 bridgehead atoms. The van der Waals surface area contributed by atoms with E-state index in [1.165, 1.54) is 11.3 Å². The monoisotopic (exact) mass is 344 g/mol. The Balaban J connectivity index is 1.73. The summed E-state index contributed by atoms with van der Waals surface area (Å²) in [5.74, 6) is 2.08. The summed E-state index contributed by atoms with van der Waals surface area (Å²) in [5.41, 5.74) is -0.0673. The number of aryl methyl sites for hydroxylation is 1. The molecule has 0 saturated carbocycles. The lowest BCUT2D eigenvalue weighted by molar-refractivity contribution is 0.102. The first-order valence-electron chi connectivity index (χ1n) is 7.68. The fourth-order valence-electron chi connectivity index (χ4n) is 2.19. The molecule has 0 aliphatic carbocycles. The van der Waals surface area contributed by atoms with Crippen molar-refractivity contribution in [2.75, 3.05) is 5.32 Å². The molecular weight excluding hydrogens is 324 g/mol. The highest BCUT2D eigenvalue weighted by Gasteiger charge is 2.21. The van der Waals surface area contributed by atoms with Crippen LogP contribution in [-0.2, 0) is 12.0 Å². The van der Waals surface area contributed by atoms with Crippen LogP contribution in [0, 0.1) is 6.92 Å². The lowest BCUT2D eigenvalue weighted by Crippen LogP contribution is -2.15. The lowest BCUT2D eigenvalue weighted by atomic mass is 9.98. The molecule has 6 nitrogen and oxygen atoms in total. The van der Waals surface area contributed by atoms with Crippen LogP contribution < -0.4 is 5.32 Å². The van der Waals surface area contributed by atoms with Gasteiger partial charge in [-0.25, -0.2) is 9.67 Å². The van der Waals surface area contributed by atoms with Gasteiger partial charge in [0, 0.05) is 11.5 Å². The summed E-state index contributed by atoms with van der Waals surface area (Å²) in [6.45, 7) is 8.59. The first kappa shape index (κ1) is 16.4. The molecule has 0 spiro atoms. The Hall–Kier alpha value is -2.41. The maximum absolute atomic E-state index is 12.5. The molecule has 3 aromatic heterocycles. The molecule has 1 amide bonds. The topological polar surface area (TPSA) is 73.0 Å². The van der Waals surface area contributed by atoms with E-state index in [9.17, 15) is 4.79 Å². The number of nitrogens with zero attached hydrogens (tertiary/aromatic N) is 3. The van der Waals surface area contributed by atoms with Gasteiger partial charge in [-0.05, 0) is 19.1 Å². The second-order valence-electron chi connectivity index (χ2n) is 6.62. The number of carbonyl (C=O) groups excluding carboxylic acids is 1. The summed E-state index contributed by atoms with van der Waals surface area (Å²) in [6.07, 6.45) is 3.27. The smallest absolute Gasteiger partial charge is 0.268 e. The minimum absolute atomic E-state index is 0.0673. The van der Waals surface area contributed by atoms with Gasteiger partial charge in [-0.1, -0.05) is 20.8 Å². The largest absolute Gasteiger partial charge is 0.464 e. The van der Waals surface area contributed by atoms with Gasteiger partial charge in [0.15, 0.2) is 0 Å². The van der Waals surface area contributed by atoms with Crippen molar-refractivity contribution in [3.8, 4) is 0 Å². The molecule has 0 unspecified atom stereocenters. The van der Waals surface area contributed by atoms with E-state index in [1.807, 2.05) is 19.1 Å². The maximum Gasteiger partial charge on any atom is 0.268 e. The maximum atomic E-state index is 12.5. The first-order chi connectivity index (χ1) is 11.3. The van der Waals surface area contributed by atoms with Crippen LogP contribution in [0.3, 0.4) is 0 Å². The van der Waals surface area contributed by atoms with Gasteiger partial charge >= 0.3 is 0 Å². The zero-order chi connectivity index (χ0) is 17.3. The Morgan fingerprint density at radius 1 is 1.33 bits per heavy atom. The highest BCUT2D eigenvalue weighted by molar-refractivity contribution is 7.13. The molecule has 3 rings (SSSR count). The molecule has 126 valence electrons. The van der Waals surface area contributed by atoms with Crippen molar-refractivity contribution in [3.05, 3.63) is 52.0 Å². The number of rotatable bonds is 4. The first-order valence-corrected chi connectivity index (χ1v) is 8.49. The van der Waals surface area contributed by atoms with Gasteiger partial charge in [0.1, 0.15) is 28.8 Å². The molecule has 0 atom stereocenters. The van der Waals surface area contributed by atoms with E-state index in [0.29, 0.717) is 17.2 Å². The van der Waals surface area contributed by atoms with Crippen LogP contribution in [-0.4, -0.2) is 20.7 Å². The number of anilines is 1. The number of nitrogens with one attached hydrogen (secondary N) is 1. The van der Waals surface area contributed by atoms with E-state index in [0.717, 1.165) is 16.5 Å². The van der Waals surface area contributed by atoms with E-state index in [-0.39, 0.29) is 11.3 Å². The predicted octanol–water partition coefficient (Wildman–Crippen LogP) is 3.84. The molecule has 0 radical (unpaired) electrons. The van der Waals surface area contributed by atoms with E-state index in [2.05, 4.69) is 36.2 Å². The molecule has 7 heteroatoms. The van der Waals surface area contributed by atoms with Crippen molar-refractivity contribution in [1.82, 2.24) is 14.8 Å². The van der Waals surface area contributed by atoms with E-state index < -0.39 is 0 Å². The zero-order valence-corrected chi connectivity index (χ0v) is 15.0. The van der Waals surface area contributed by atoms with Gasteiger partial charge in [0.05, 0.1) is 17.4 Å². The Kier molecular flexibility index (Phi) is 4.28. The van der Waals surface area contributed by atoms with Crippen molar-refractivity contribution >= 4 is 23.1 Å². The number of carbonyl (C=O) groups is 1. The van der Waals surface area contributed by atoms with Crippen LogP contribution in [0.4, 0.5) is 5.82 Å². The van der Waals surface area contributed by atoms with Crippen molar-refractivity contribution in [3.63, 3.8) is 0 Å². The summed E-state index contributed by atoms with van der Waals surface area (Å²) in [5, 5.41) is 8.07. The quantitative estimate of drug-likeness (QED) is 0.780. The normalized spacial score (nSPS) is 11.7. The van der Waals surface area contributed by atoms with Crippen molar-refractivity contribution in [2.24, 2.45) is 0 Å². The molecular formula is C17H20N4O2S. The fraction of sp³-hybridized carbons (Fsp3) is 0.353. The van der Waals surface area contributed by atoms with Crippen molar-refractivity contribution < 1.29 is 9.21 Å². The van der Waals surface area contributed by atoms with Gasteiger partial charge in [0.25, 0.3) is 5.91 Å². The third kappa shape index (κ3) is 3.56. The van der Waals surface area contributed by atoms with Crippen LogP contribution in [0.1, 0.15) is 47.0 Å². The Labute approximate surface area is 144 Å². The summed E-state index contributed by atoms with van der Waals surface area (Å²) in [7, 11) is 0. The number of amides is 1. The molecule has 1 N–H and O–H groups in total. The number of aromatic nitrogens is 3. The third-order valence-corrected chi connectivity index (χ3v) is 4.85. The highest BCUT2D eigenvalue weighted by atomic mass is 32.1. The van der Waals surface area contributed by atoms with Gasteiger partial charge in [-0.15, -0.1) is 11.3 Å². The molecule has 0 saturated heterocycles. The Bertz CT molecular complexity index is 854. The fourth-order valence-corrected chi connectivity index (χ4v) is 3.06. The number of hydrogen-bond donors (Lipinski definition) is 1. The molecule has 0 aromatic carbocycles. The molecule has 3 heterocycles. The van der Waals surface area contributed by atoms with E-state index >= 15 is 0 Å². The molecule has 3 aromatic rings. The van der Waals surface area contributed by atoms with Crippen LogP contribution in [0.2, 0.25) is 0 Å². The molecule has 0 aliphatic heterocycles. The molecule has 0 aliphatic rings. The predicted molar refractivity (Wildman–Crippen MR) is 93.5 cm³/mol. The van der Waals surface area contributed by atoms with E-state index in [1.54, 1.807) is 23.1 Å². The van der Waals surface area contributed by atoms with Gasteiger partial charge < -0.3 is 9.73 Å². The highest BCUT2D eigenvalue weighted by Crippen LogP contribution is 2.27. The van der Waals surface area contributed by atoms with E-state index in [4.69, 9.17) is 4.42 Å². The number of hydrogen-bond acceptors (Lipinski definition) is 5. The van der Waals surface area contributed by atoms with Crippen LogP contribution in [0.25, 0.3) is 0 Å². The summed E-state index contributed by atoms with van der Waals surface area (Å²) >= 11 is 1.41. The Morgan fingerprint density at radius 2 is 2.12 bits per heavy atom. The summed E-state index contributed by atoms with van der Waals surface area (Å²) in [6, 6.07) is 5.57. The molecule has 24 heavy (non-hydrogen) atoms. The Morgan fingerprint density at radius 3 is 2.75 bits per heavy atom. The lowest BCUT2D eigenvalue weighted by Gasteiger charge is -2.13. The average Bonchev–Trinajstić information content (AvgIpc) is 3.20. The van der Waals surface area contributed by atoms with Crippen LogP contribution in [0.15, 0.2) is 35.0 Å². The summed E-state index contributed by atoms with van der Waals surface area (Å²) < 4.78 is 7.26. The second kappa shape index (κ2) is 6.24. The SMILES string of the molecule is Cc1ccc(Cn2nccc2NC(=O)c2cnc(C(C)(C)C)s2)o1. The minimum Gasteiger partial charge on any atom is -0.464 e. The minimum atomic E-state index is -0.180. The second-order valence-corrected chi connectivity index (χ2v) is 7.65. The van der Waals surface area contributed by atoms with Gasteiger partial charge in [0.2, 0.25) is 0 Å². The number of furan rings is 1. The third-order valence-electron chi connectivity index (χ3n) is 3.43. The average molecular weight is 344 g/mol. The standard InChI is InChI=1S/C17H20N4O2S/c1-11-5-6-12(23-11)10-21-14(7-8-19-21)20-15(22)13-9-18-16(24-13)17(2,3)4/h5-9H,10H2,1-4H3,(H,20,22). The van der Waals surface area contributed by atoms with Gasteiger partial charge in [-0.2, -0.15) is 5.10 Å².